The van der Waals surface area contributed by atoms with E-state index in [1.54, 1.807) is 30.5 Å². The van der Waals surface area contributed by atoms with Crippen LogP contribution in [0.2, 0.25) is 0 Å². The number of hydrogen-bond donors (Lipinski definition) is 8. The molecular weight excluding hydrogens is 680 g/mol. The van der Waals surface area contributed by atoms with E-state index >= 15 is 0 Å². The van der Waals surface area contributed by atoms with Gasteiger partial charge in [-0.2, -0.15) is 21.7 Å². The van der Waals surface area contributed by atoms with Crippen molar-refractivity contribution in [2.45, 2.75) is 68.4 Å². The number of carbonyl (C=O) groups excluding carboxylic acids is 4. The van der Waals surface area contributed by atoms with Crippen LogP contribution in [0, 0.1) is 0 Å². The first-order valence-corrected chi connectivity index (χ1v) is 17.6. The van der Waals surface area contributed by atoms with Gasteiger partial charge in [-0.05, 0) is 43.5 Å². The number of rotatable bonds is 17. The first-order valence-electron chi connectivity index (χ1n) is 16.6. The average Bonchev–Trinajstić information content (AvgIpc) is 3.66. The quantitative estimate of drug-likeness (QED) is 0.0680. The van der Waals surface area contributed by atoms with E-state index in [0.29, 0.717) is 35.1 Å². The molecule has 5 amide bonds. The van der Waals surface area contributed by atoms with E-state index in [4.69, 9.17) is 11.5 Å². The molecule has 19 heteroatoms. The van der Waals surface area contributed by atoms with Gasteiger partial charge in [-0.15, -0.1) is 0 Å². The number of carboxylic acid groups (broad SMARTS) is 1. The number of aromatic nitrogens is 4. The van der Waals surface area contributed by atoms with Crippen molar-refractivity contribution < 1.29 is 29.1 Å². The van der Waals surface area contributed by atoms with Gasteiger partial charge in [-0.25, -0.2) is 19.6 Å². The lowest BCUT2D eigenvalue weighted by molar-refractivity contribution is -0.139. The third-order valence-corrected chi connectivity index (χ3v) is 10.1. The van der Waals surface area contributed by atoms with Crippen LogP contribution in [0.3, 0.4) is 0 Å². The fraction of sp³-hybridized carbons (Fsp3) is 0.469. The fourth-order valence-electron chi connectivity index (χ4n) is 5.89. The summed E-state index contributed by atoms with van der Waals surface area (Å²) in [6.45, 7) is 0.787. The van der Waals surface area contributed by atoms with Gasteiger partial charge in [0.15, 0.2) is 17.0 Å². The molecule has 3 aromatic rings. The Hall–Kier alpha value is -5.46. The molecule has 10 N–H and O–H groups in total. The Kier molecular flexibility index (Phi) is 12.2. The summed E-state index contributed by atoms with van der Waals surface area (Å²) < 4.78 is 0. The summed E-state index contributed by atoms with van der Waals surface area (Å²) >= 11 is 1.84. The predicted molar refractivity (Wildman–Crippen MR) is 191 cm³/mol. The molecule has 51 heavy (non-hydrogen) atoms. The van der Waals surface area contributed by atoms with E-state index in [1.807, 2.05) is 23.7 Å². The number of carboxylic acids is 1. The Balaban J connectivity index is 0.973. The summed E-state index contributed by atoms with van der Waals surface area (Å²) in [6.07, 6.45) is 4.20. The molecule has 0 saturated carbocycles. The van der Waals surface area contributed by atoms with E-state index in [1.165, 1.54) is 0 Å². The first-order chi connectivity index (χ1) is 24.5. The van der Waals surface area contributed by atoms with Crippen molar-refractivity contribution in [2.75, 3.05) is 42.3 Å². The van der Waals surface area contributed by atoms with E-state index in [-0.39, 0.29) is 67.3 Å². The Labute approximate surface area is 297 Å². The number of unbranched alkanes of at least 4 members (excludes halogenated alkanes) is 1. The molecule has 2 aliphatic heterocycles. The predicted octanol–water partition coefficient (Wildman–Crippen LogP) is 0.142. The molecule has 2 fully saturated rings. The van der Waals surface area contributed by atoms with Gasteiger partial charge in [0.25, 0.3) is 5.91 Å². The molecule has 5 rings (SSSR count). The van der Waals surface area contributed by atoms with Gasteiger partial charge in [-0.3, -0.25) is 14.4 Å². The second-order valence-corrected chi connectivity index (χ2v) is 13.6. The molecule has 0 radical (unpaired) electrons. The summed E-state index contributed by atoms with van der Waals surface area (Å²) in [5.74, 6) is -1.33. The van der Waals surface area contributed by atoms with Gasteiger partial charge in [0, 0.05) is 55.2 Å². The Morgan fingerprint density at radius 2 is 1.75 bits per heavy atom. The lowest BCUT2D eigenvalue weighted by atomic mass is 10.0. The summed E-state index contributed by atoms with van der Waals surface area (Å²) in [5, 5.41) is 23.8. The lowest BCUT2D eigenvalue weighted by Gasteiger charge is -2.19. The largest absolute Gasteiger partial charge is 0.480 e. The van der Waals surface area contributed by atoms with Gasteiger partial charge in [0.1, 0.15) is 6.04 Å². The number of benzene rings is 1. The summed E-state index contributed by atoms with van der Waals surface area (Å²) in [4.78, 5) is 79.3. The highest BCUT2D eigenvalue weighted by Gasteiger charge is 2.42. The molecule has 4 heterocycles. The zero-order valence-electron chi connectivity index (χ0n) is 28.1. The van der Waals surface area contributed by atoms with Crippen LogP contribution in [0.15, 0.2) is 30.5 Å². The van der Waals surface area contributed by atoms with Gasteiger partial charge in [0.2, 0.25) is 17.8 Å². The van der Waals surface area contributed by atoms with E-state index < -0.39 is 23.8 Å². The molecule has 4 atom stereocenters. The number of anilines is 3. The Morgan fingerprint density at radius 1 is 1.02 bits per heavy atom. The molecule has 1 aromatic carbocycles. The van der Waals surface area contributed by atoms with Crippen LogP contribution < -0.4 is 43.0 Å². The highest BCUT2D eigenvalue weighted by atomic mass is 32.2. The van der Waals surface area contributed by atoms with Crippen molar-refractivity contribution in [3.63, 3.8) is 0 Å². The van der Waals surface area contributed by atoms with Crippen LogP contribution in [0.1, 0.15) is 54.6 Å². The number of nitrogens with one attached hydrogen (secondary N) is 5. The Morgan fingerprint density at radius 3 is 2.47 bits per heavy atom. The average molecular weight is 723 g/mol. The van der Waals surface area contributed by atoms with E-state index in [9.17, 15) is 29.1 Å². The molecular formula is C32H42N12O6S. The number of urea groups is 1. The van der Waals surface area contributed by atoms with Crippen LogP contribution >= 0.6 is 11.8 Å². The second kappa shape index (κ2) is 17.0. The van der Waals surface area contributed by atoms with Gasteiger partial charge < -0.3 is 48.1 Å². The van der Waals surface area contributed by atoms with Crippen LogP contribution in [0.25, 0.3) is 11.2 Å². The molecule has 0 aliphatic carbocycles. The van der Waals surface area contributed by atoms with Crippen LogP contribution in [0.4, 0.5) is 22.2 Å². The number of thioether (sulfide) groups is 1. The molecule has 2 aliphatic rings. The van der Waals surface area contributed by atoms with E-state index in [0.717, 1.165) is 30.7 Å². The minimum absolute atomic E-state index is 0.00847. The number of nitrogens with two attached hydrogens (primary N) is 2. The maximum Gasteiger partial charge on any atom is 0.326 e. The monoisotopic (exact) mass is 722 g/mol. The fourth-order valence-corrected chi connectivity index (χ4v) is 7.43. The molecule has 272 valence electrons. The number of hydrogen-bond acceptors (Lipinski definition) is 13. The van der Waals surface area contributed by atoms with Crippen molar-refractivity contribution in [2.24, 2.45) is 0 Å². The normalized spacial score (nSPS) is 18.3. The zero-order valence-corrected chi connectivity index (χ0v) is 28.9. The number of fused-ring (bicyclic) bond motifs is 2. The first kappa shape index (κ1) is 36.8. The van der Waals surface area contributed by atoms with Crippen LogP contribution in [-0.4, -0.2) is 104 Å². The highest BCUT2D eigenvalue weighted by molar-refractivity contribution is 8.00. The van der Waals surface area contributed by atoms with Crippen molar-refractivity contribution >= 4 is 70.1 Å². The highest BCUT2D eigenvalue weighted by Crippen LogP contribution is 2.33. The second-order valence-electron chi connectivity index (χ2n) is 12.4. The number of carbonyl (C=O) groups is 5. The summed E-state index contributed by atoms with van der Waals surface area (Å²) in [5.41, 5.74) is 13.8. The molecule has 0 bridgehead atoms. The molecule has 0 spiro atoms. The maximum absolute atomic E-state index is 12.8. The maximum atomic E-state index is 12.8. The lowest BCUT2D eigenvalue weighted by Crippen LogP contribution is -2.42. The SMILES string of the molecule is CN(Cc1cnc2nc(N)nc(N)c2n1)c1ccc(C(=O)NC(CCC(=O)NCCNC(=O)CCCCC2SCC3NC(=O)NC32)C(=O)O)cc1. The standard InChI is InChI=1S/C32H42N12O6S/c1-44(15-18-14-37-28-26(38-18)27(33)42-31(34)43-28)19-8-6-17(7-9-19)29(47)39-20(30(48)49)10-11-24(46)36-13-12-35-23(45)5-3-2-4-22-25-21(16-51-22)40-32(50)41-25/h6-9,14,20-22,25H,2-5,10-13,15-16H2,1H3,(H,35,45)(H,36,46)(H,39,47)(H,48,49)(H2,40,41,50)(H4,33,34,37,42,43). The summed E-state index contributed by atoms with van der Waals surface area (Å²) in [6, 6.07) is 5.50. The Bertz CT molecular complexity index is 1760. The van der Waals surface area contributed by atoms with Crippen LogP contribution in [0.5, 0.6) is 0 Å². The summed E-state index contributed by atoms with van der Waals surface area (Å²) in [7, 11) is 1.83. The van der Waals surface area contributed by atoms with Crippen molar-refractivity contribution in [1.29, 1.82) is 0 Å². The number of aliphatic carboxylic acids is 1. The number of nitrogen functional groups attached to an aromatic ring is 2. The zero-order chi connectivity index (χ0) is 36.5. The van der Waals surface area contributed by atoms with Crippen LogP contribution in [-0.2, 0) is 20.9 Å². The molecule has 18 nitrogen and oxygen atoms in total. The van der Waals surface area contributed by atoms with Gasteiger partial charge in [0.05, 0.1) is 30.5 Å². The topological polar surface area (TPSA) is 273 Å². The third-order valence-electron chi connectivity index (χ3n) is 8.58. The molecule has 2 saturated heterocycles. The minimum Gasteiger partial charge on any atom is -0.480 e. The number of nitrogens with zero attached hydrogens (tertiary/aromatic N) is 5. The molecule has 2 aromatic heterocycles. The number of amides is 5. The van der Waals surface area contributed by atoms with E-state index in [2.05, 4.69) is 46.5 Å². The third kappa shape index (κ3) is 10.1. The van der Waals surface area contributed by atoms with Crippen molar-refractivity contribution in [1.82, 2.24) is 46.5 Å². The van der Waals surface area contributed by atoms with Gasteiger partial charge in [-0.1, -0.05) is 6.42 Å². The minimum atomic E-state index is -1.28. The van der Waals surface area contributed by atoms with Gasteiger partial charge >= 0.3 is 12.0 Å². The van der Waals surface area contributed by atoms with Crippen molar-refractivity contribution in [3.8, 4) is 0 Å². The smallest absolute Gasteiger partial charge is 0.326 e. The molecule has 4 unspecified atom stereocenters. The van der Waals surface area contributed by atoms with Crippen molar-refractivity contribution in [3.05, 3.63) is 41.7 Å².